The number of rotatable bonds is 4. The Morgan fingerprint density at radius 2 is 2.07 bits per heavy atom. The molecular weight excluding hydrogens is 197 g/mol. The number of allylic oxidation sites excluding steroid dienone is 1. The fourth-order valence-corrected chi connectivity index (χ4v) is 0.632. The van der Waals surface area contributed by atoms with Crippen molar-refractivity contribution in [2.45, 2.75) is 19.5 Å². The van der Waals surface area contributed by atoms with Crippen molar-refractivity contribution in [1.82, 2.24) is 0 Å². The second kappa shape index (κ2) is 5.64. The zero-order valence-electron chi connectivity index (χ0n) is 7.82. The predicted octanol–water partition coefficient (Wildman–Crippen LogP) is 1.84. The van der Waals surface area contributed by atoms with Crippen LogP contribution in [0.2, 0.25) is 0 Å². The zero-order chi connectivity index (χ0) is 11.2. The number of nitrogens with one attached hydrogen (secondary N) is 1. The third kappa shape index (κ3) is 5.58. The molecule has 0 unspecified atom stereocenters. The predicted molar refractivity (Wildman–Crippen MR) is 47.2 cm³/mol. The van der Waals surface area contributed by atoms with Crippen LogP contribution in [0.1, 0.15) is 13.3 Å². The molecule has 3 N–H and O–H groups in total. The summed E-state index contributed by atoms with van der Waals surface area (Å²) >= 11 is 0. The number of hydrogen-bond donors (Lipinski definition) is 2. The first kappa shape index (κ1) is 13.0. The molecule has 0 fully saturated rings. The molecule has 82 valence electrons. The Kier molecular flexibility index (Phi) is 5.22. The quantitative estimate of drug-likeness (QED) is 0.322. The Morgan fingerprint density at radius 3 is 2.50 bits per heavy atom. The molecule has 0 heterocycles. The summed E-state index contributed by atoms with van der Waals surface area (Å²) in [4.78, 5) is 0. The lowest BCUT2D eigenvalue weighted by atomic mass is 10.2. The van der Waals surface area contributed by atoms with Crippen molar-refractivity contribution < 1.29 is 17.9 Å². The van der Waals surface area contributed by atoms with Crippen molar-refractivity contribution in [2.75, 3.05) is 13.2 Å². The number of ether oxygens (including phenoxy) is 1. The molecular formula is C8H13F3N2O. The van der Waals surface area contributed by atoms with Gasteiger partial charge in [0.1, 0.15) is 0 Å². The molecule has 0 aromatic heterocycles. The fraction of sp³-hybridized carbons (Fsp3) is 0.625. The van der Waals surface area contributed by atoms with Gasteiger partial charge in [-0.2, -0.15) is 13.2 Å². The first-order chi connectivity index (χ1) is 6.38. The van der Waals surface area contributed by atoms with Crippen LogP contribution in [0.15, 0.2) is 11.6 Å². The second-order valence-corrected chi connectivity index (χ2v) is 2.65. The van der Waals surface area contributed by atoms with Crippen molar-refractivity contribution in [1.29, 1.82) is 5.41 Å². The van der Waals surface area contributed by atoms with Crippen LogP contribution < -0.4 is 5.73 Å². The summed E-state index contributed by atoms with van der Waals surface area (Å²) in [6.07, 6.45) is -3.13. The SMILES string of the molecule is C/C(=C\CCOC(=N)CN)C(F)(F)F. The molecule has 0 rings (SSSR count). The Balaban J connectivity index is 3.78. The van der Waals surface area contributed by atoms with Gasteiger partial charge in [-0.25, -0.2) is 0 Å². The molecule has 0 saturated carbocycles. The summed E-state index contributed by atoms with van der Waals surface area (Å²) in [6.45, 7) is 1.000. The minimum absolute atomic E-state index is 0.0397. The van der Waals surface area contributed by atoms with Gasteiger partial charge >= 0.3 is 6.18 Å². The fourth-order valence-electron chi connectivity index (χ4n) is 0.632. The molecule has 0 radical (unpaired) electrons. The van der Waals surface area contributed by atoms with Crippen molar-refractivity contribution in [3.05, 3.63) is 11.6 Å². The van der Waals surface area contributed by atoms with E-state index in [0.29, 0.717) is 0 Å². The summed E-state index contributed by atoms with van der Waals surface area (Å²) in [5, 5.41) is 6.96. The van der Waals surface area contributed by atoms with Crippen LogP contribution in [0.25, 0.3) is 0 Å². The molecule has 0 amide bonds. The lowest BCUT2D eigenvalue weighted by molar-refractivity contribution is -0.0916. The molecule has 0 aromatic carbocycles. The van der Waals surface area contributed by atoms with Gasteiger partial charge in [-0.3, -0.25) is 5.41 Å². The maximum absolute atomic E-state index is 11.9. The smallest absolute Gasteiger partial charge is 0.412 e. The Morgan fingerprint density at radius 1 is 1.50 bits per heavy atom. The minimum Gasteiger partial charge on any atom is -0.480 e. The van der Waals surface area contributed by atoms with Crippen molar-refractivity contribution in [3.8, 4) is 0 Å². The molecule has 0 aliphatic carbocycles. The van der Waals surface area contributed by atoms with E-state index in [1.807, 2.05) is 0 Å². The number of halogens is 3. The van der Waals surface area contributed by atoms with Crippen LogP contribution in [-0.2, 0) is 4.74 Å². The van der Waals surface area contributed by atoms with Gasteiger partial charge in [0, 0.05) is 12.0 Å². The monoisotopic (exact) mass is 210 g/mol. The van der Waals surface area contributed by atoms with Crippen LogP contribution in [-0.4, -0.2) is 25.2 Å². The van der Waals surface area contributed by atoms with Gasteiger partial charge in [-0.05, 0) is 6.92 Å². The number of alkyl halides is 3. The first-order valence-corrected chi connectivity index (χ1v) is 4.02. The highest BCUT2D eigenvalue weighted by atomic mass is 19.4. The highest BCUT2D eigenvalue weighted by Gasteiger charge is 2.29. The van der Waals surface area contributed by atoms with E-state index >= 15 is 0 Å². The first-order valence-electron chi connectivity index (χ1n) is 4.02. The maximum Gasteiger partial charge on any atom is 0.412 e. The second-order valence-electron chi connectivity index (χ2n) is 2.65. The van der Waals surface area contributed by atoms with E-state index in [0.717, 1.165) is 13.0 Å². The van der Waals surface area contributed by atoms with Crippen molar-refractivity contribution in [2.24, 2.45) is 5.73 Å². The topological polar surface area (TPSA) is 59.1 Å². The van der Waals surface area contributed by atoms with Crippen molar-refractivity contribution in [3.63, 3.8) is 0 Å². The van der Waals surface area contributed by atoms with E-state index in [1.54, 1.807) is 0 Å². The van der Waals surface area contributed by atoms with Gasteiger partial charge in [-0.1, -0.05) is 6.08 Å². The van der Waals surface area contributed by atoms with E-state index in [1.165, 1.54) is 0 Å². The van der Waals surface area contributed by atoms with Gasteiger partial charge in [0.2, 0.25) is 0 Å². The average molecular weight is 210 g/mol. The van der Waals surface area contributed by atoms with E-state index in [-0.39, 0.29) is 25.5 Å². The third-order valence-electron chi connectivity index (χ3n) is 1.48. The summed E-state index contributed by atoms with van der Waals surface area (Å²) in [5.41, 5.74) is 4.39. The Hall–Kier alpha value is -1.04. The van der Waals surface area contributed by atoms with Crippen LogP contribution in [0.4, 0.5) is 13.2 Å². The zero-order valence-corrected chi connectivity index (χ0v) is 7.82. The molecule has 0 spiro atoms. The molecule has 0 bridgehead atoms. The van der Waals surface area contributed by atoms with Crippen LogP contribution >= 0.6 is 0 Å². The Bertz CT molecular complexity index is 223. The highest BCUT2D eigenvalue weighted by molar-refractivity contribution is 5.74. The largest absolute Gasteiger partial charge is 0.480 e. The molecule has 6 heteroatoms. The van der Waals surface area contributed by atoms with Crippen LogP contribution in [0.5, 0.6) is 0 Å². The van der Waals surface area contributed by atoms with Gasteiger partial charge in [-0.15, -0.1) is 0 Å². The van der Waals surface area contributed by atoms with Gasteiger partial charge in [0.25, 0.3) is 0 Å². The molecule has 0 aliphatic heterocycles. The van der Waals surface area contributed by atoms with Crippen LogP contribution in [0, 0.1) is 5.41 Å². The van der Waals surface area contributed by atoms with E-state index in [2.05, 4.69) is 0 Å². The van der Waals surface area contributed by atoms with Gasteiger partial charge in [0.05, 0.1) is 13.2 Å². The third-order valence-corrected chi connectivity index (χ3v) is 1.48. The molecule has 0 saturated heterocycles. The minimum atomic E-state index is -4.28. The average Bonchev–Trinajstić information content (AvgIpc) is 2.09. The van der Waals surface area contributed by atoms with E-state index in [9.17, 15) is 13.2 Å². The standard InChI is InChI=1S/C8H13F3N2O/c1-6(8(9,10)11)3-2-4-14-7(13)5-12/h3,13H,2,4-5,12H2,1H3/b6-3+,13-7?. The maximum atomic E-state index is 11.9. The normalized spacial score (nSPS) is 12.8. The summed E-state index contributed by atoms with van der Waals surface area (Å²) in [6, 6.07) is 0. The van der Waals surface area contributed by atoms with Crippen LogP contribution in [0.3, 0.4) is 0 Å². The van der Waals surface area contributed by atoms with Crippen molar-refractivity contribution >= 4 is 5.90 Å². The Labute approximate surface area is 80.2 Å². The number of nitrogens with two attached hydrogens (primary N) is 1. The van der Waals surface area contributed by atoms with E-state index < -0.39 is 11.7 Å². The molecule has 0 atom stereocenters. The highest BCUT2D eigenvalue weighted by Crippen LogP contribution is 2.24. The summed E-state index contributed by atoms with van der Waals surface area (Å²) in [5.74, 6) is -0.122. The van der Waals surface area contributed by atoms with E-state index in [4.69, 9.17) is 15.9 Å². The number of hydrogen-bond acceptors (Lipinski definition) is 3. The summed E-state index contributed by atoms with van der Waals surface area (Å²) < 4.78 is 40.5. The lowest BCUT2D eigenvalue weighted by Crippen LogP contribution is -2.16. The van der Waals surface area contributed by atoms with Gasteiger partial charge < -0.3 is 10.5 Å². The molecule has 3 nitrogen and oxygen atoms in total. The molecule has 0 aromatic rings. The van der Waals surface area contributed by atoms with Gasteiger partial charge in [0.15, 0.2) is 5.90 Å². The lowest BCUT2D eigenvalue weighted by Gasteiger charge is -2.06. The molecule has 0 aliphatic rings. The summed E-state index contributed by atoms with van der Waals surface area (Å²) in [7, 11) is 0. The molecule has 14 heavy (non-hydrogen) atoms.